The molecule has 0 radical (unpaired) electrons. The summed E-state index contributed by atoms with van der Waals surface area (Å²) >= 11 is 0. The highest BCUT2D eigenvalue weighted by atomic mass is 32.2. The third-order valence-corrected chi connectivity index (χ3v) is 3.79. The molecule has 0 aliphatic heterocycles. The van der Waals surface area contributed by atoms with E-state index >= 15 is 0 Å². The maximum atomic E-state index is 13.3. The summed E-state index contributed by atoms with van der Waals surface area (Å²) in [5, 5.41) is 8.62. The molecule has 1 aromatic rings. The standard InChI is InChI=1S/C10H12F3NO3S/c1-6(2-3-15)14-18(16,17)10-8(12)4-7(11)5-9(10)13/h4-6,14-15H,2-3H2,1H3. The molecule has 1 atom stereocenters. The second-order valence-electron chi connectivity index (χ2n) is 3.73. The third kappa shape index (κ3) is 3.44. The zero-order valence-corrected chi connectivity index (χ0v) is 10.3. The van der Waals surface area contributed by atoms with Crippen molar-refractivity contribution in [1.82, 2.24) is 4.72 Å². The van der Waals surface area contributed by atoms with Gasteiger partial charge in [-0.3, -0.25) is 0 Å². The molecule has 0 amide bonds. The molecule has 0 aliphatic rings. The molecule has 1 aromatic carbocycles. The lowest BCUT2D eigenvalue weighted by Crippen LogP contribution is -2.34. The second-order valence-corrected chi connectivity index (χ2v) is 5.38. The topological polar surface area (TPSA) is 66.4 Å². The number of aliphatic hydroxyl groups excluding tert-OH is 1. The van der Waals surface area contributed by atoms with Gasteiger partial charge >= 0.3 is 0 Å². The highest BCUT2D eigenvalue weighted by Gasteiger charge is 2.26. The minimum absolute atomic E-state index is 0.0870. The first-order valence-corrected chi connectivity index (χ1v) is 6.54. The summed E-state index contributed by atoms with van der Waals surface area (Å²) in [4.78, 5) is -1.23. The Morgan fingerprint density at radius 2 is 1.78 bits per heavy atom. The Kier molecular flexibility index (Phi) is 4.71. The lowest BCUT2D eigenvalue weighted by Gasteiger charge is -2.13. The molecule has 1 rings (SSSR count). The summed E-state index contributed by atoms with van der Waals surface area (Å²) < 4.78 is 64.6. The fraction of sp³-hybridized carbons (Fsp3) is 0.400. The van der Waals surface area contributed by atoms with Gasteiger partial charge in [0.2, 0.25) is 10.0 Å². The first kappa shape index (κ1) is 14.9. The minimum atomic E-state index is -4.44. The second kappa shape index (κ2) is 5.68. The average molecular weight is 283 g/mol. The first-order valence-electron chi connectivity index (χ1n) is 5.05. The molecule has 0 fully saturated rings. The summed E-state index contributed by atoms with van der Waals surface area (Å²) in [6.45, 7) is 1.14. The van der Waals surface area contributed by atoms with E-state index < -0.39 is 38.4 Å². The SMILES string of the molecule is CC(CCO)NS(=O)(=O)c1c(F)cc(F)cc1F. The van der Waals surface area contributed by atoms with E-state index in [0.717, 1.165) is 0 Å². The zero-order valence-electron chi connectivity index (χ0n) is 9.45. The fourth-order valence-corrected chi connectivity index (χ4v) is 2.76. The predicted octanol–water partition coefficient (Wildman–Crippen LogP) is 1.15. The molecule has 102 valence electrons. The molecule has 8 heteroatoms. The summed E-state index contributed by atoms with van der Waals surface area (Å²) in [6.07, 6.45) is 0.0870. The molecule has 0 saturated heterocycles. The monoisotopic (exact) mass is 283 g/mol. The summed E-state index contributed by atoms with van der Waals surface area (Å²) in [5.74, 6) is -4.21. The molecule has 4 nitrogen and oxygen atoms in total. The maximum absolute atomic E-state index is 13.3. The number of hydrogen-bond donors (Lipinski definition) is 2. The van der Waals surface area contributed by atoms with Crippen molar-refractivity contribution in [2.45, 2.75) is 24.3 Å². The number of hydrogen-bond acceptors (Lipinski definition) is 3. The van der Waals surface area contributed by atoms with E-state index in [1.165, 1.54) is 6.92 Å². The van der Waals surface area contributed by atoms with Gasteiger partial charge in [0, 0.05) is 24.8 Å². The van der Waals surface area contributed by atoms with Gasteiger partial charge in [0.1, 0.15) is 17.5 Å². The van der Waals surface area contributed by atoms with Crippen LogP contribution < -0.4 is 4.72 Å². The van der Waals surface area contributed by atoms with Crippen LogP contribution in [-0.4, -0.2) is 26.2 Å². The van der Waals surface area contributed by atoms with Gasteiger partial charge in [-0.25, -0.2) is 26.3 Å². The number of halogens is 3. The van der Waals surface area contributed by atoms with Crippen LogP contribution in [0.1, 0.15) is 13.3 Å². The van der Waals surface area contributed by atoms with Crippen molar-refractivity contribution in [1.29, 1.82) is 0 Å². The Morgan fingerprint density at radius 1 is 1.28 bits per heavy atom. The Hall–Kier alpha value is -1.12. The van der Waals surface area contributed by atoms with E-state index in [0.29, 0.717) is 0 Å². The minimum Gasteiger partial charge on any atom is -0.396 e. The van der Waals surface area contributed by atoms with Crippen LogP contribution in [0, 0.1) is 17.5 Å². The molecule has 0 spiro atoms. The van der Waals surface area contributed by atoms with Crippen molar-refractivity contribution in [3.63, 3.8) is 0 Å². The molecule has 0 aromatic heterocycles. The van der Waals surface area contributed by atoms with Crippen LogP contribution in [0.2, 0.25) is 0 Å². The van der Waals surface area contributed by atoms with E-state index in [-0.39, 0.29) is 25.2 Å². The van der Waals surface area contributed by atoms with E-state index in [2.05, 4.69) is 0 Å². The molecule has 1 unspecified atom stereocenters. The Balaban J connectivity index is 3.13. The van der Waals surface area contributed by atoms with E-state index in [9.17, 15) is 21.6 Å². The van der Waals surface area contributed by atoms with Gasteiger partial charge in [-0.2, -0.15) is 0 Å². The van der Waals surface area contributed by atoms with Gasteiger partial charge < -0.3 is 5.11 Å². The quantitative estimate of drug-likeness (QED) is 0.852. The lowest BCUT2D eigenvalue weighted by atomic mass is 10.3. The van der Waals surface area contributed by atoms with Gasteiger partial charge in [-0.1, -0.05) is 0 Å². The van der Waals surface area contributed by atoms with Crippen LogP contribution in [0.5, 0.6) is 0 Å². The van der Waals surface area contributed by atoms with Crippen LogP contribution in [0.4, 0.5) is 13.2 Å². The number of sulfonamides is 1. The Bertz CT molecular complexity index is 510. The lowest BCUT2D eigenvalue weighted by molar-refractivity contribution is 0.275. The van der Waals surface area contributed by atoms with Gasteiger partial charge in [0.05, 0.1) is 0 Å². The van der Waals surface area contributed by atoms with Gasteiger partial charge in [0.25, 0.3) is 0 Å². The van der Waals surface area contributed by atoms with Gasteiger partial charge in [-0.15, -0.1) is 0 Å². The van der Waals surface area contributed by atoms with Gasteiger partial charge in [-0.05, 0) is 13.3 Å². The van der Waals surface area contributed by atoms with E-state index in [1.807, 2.05) is 4.72 Å². The highest BCUT2D eigenvalue weighted by molar-refractivity contribution is 7.89. The Morgan fingerprint density at radius 3 is 2.22 bits per heavy atom. The van der Waals surface area contributed by atoms with Crippen molar-refractivity contribution in [3.8, 4) is 0 Å². The van der Waals surface area contributed by atoms with E-state index in [1.54, 1.807) is 0 Å². The van der Waals surface area contributed by atoms with Crippen molar-refractivity contribution in [2.75, 3.05) is 6.61 Å². The summed E-state index contributed by atoms with van der Waals surface area (Å²) in [7, 11) is -4.44. The van der Waals surface area contributed by atoms with E-state index in [4.69, 9.17) is 5.11 Å². The molecule has 2 N–H and O–H groups in total. The molecule has 0 heterocycles. The normalized spacial score (nSPS) is 13.6. The number of nitrogens with one attached hydrogen (secondary N) is 1. The van der Waals surface area contributed by atoms with Crippen molar-refractivity contribution >= 4 is 10.0 Å². The summed E-state index contributed by atoms with van der Waals surface area (Å²) in [5.41, 5.74) is 0. The summed E-state index contributed by atoms with van der Waals surface area (Å²) in [6, 6.07) is -0.133. The van der Waals surface area contributed by atoms with Crippen LogP contribution in [0.15, 0.2) is 17.0 Å². The number of benzene rings is 1. The van der Waals surface area contributed by atoms with Crippen LogP contribution in [-0.2, 0) is 10.0 Å². The van der Waals surface area contributed by atoms with Crippen LogP contribution in [0.25, 0.3) is 0 Å². The molecular formula is C10H12F3NO3S. The first-order chi connectivity index (χ1) is 8.27. The number of rotatable bonds is 5. The van der Waals surface area contributed by atoms with Crippen molar-refractivity contribution in [3.05, 3.63) is 29.6 Å². The molecule has 0 bridgehead atoms. The van der Waals surface area contributed by atoms with Crippen LogP contribution >= 0.6 is 0 Å². The highest BCUT2D eigenvalue weighted by Crippen LogP contribution is 2.20. The van der Waals surface area contributed by atoms with Crippen LogP contribution in [0.3, 0.4) is 0 Å². The zero-order chi connectivity index (χ0) is 13.9. The van der Waals surface area contributed by atoms with Crippen molar-refractivity contribution < 1.29 is 26.7 Å². The Labute approximate surface area is 102 Å². The maximum Gasteiger partial charge on any atom is 0.246 e. The molecule has 0 aliphatic carbocycles. The molecule has 18 heavy (non-hydrogen) atoms. The third-order valence-electron chi connectivity index (χ3n) is 2.15. The van der Waals surface area contributed by atoms with Crippen molar-refractivity contribution in [2.24, 2.45) is 0 Å². The van der Waals surface area contributed by atoms with Gasteiger partial charge in [0.15, 0.2) is 4.90 Å². The number of aliphatic hydroxyl groups is 1. The molecular weight excluding hydrogens is 271 g/mol. The average Bonchev–Trinajstić information content (AvgIpc) is 2.13. The fourth-order valence-electron chi connectivity index (χ4n) is 1.36. The largest absolute Gasteiger partial charge is 0.396 e. The predicted molar refractivity (Wildman–Crippen MR) is 57.8 cm³/mol. The smallest absolute Gasteiger partial charge is 0.246 e. The molecule has 0 saturated carbocycles.